The topological polar surface area (TPSA) is 26.3 Å². The minimum Gasteiger partial charge on any atom is -0.381 e. The summed E-state index contributed by atoms with van der Waals surface area (Å²) < 4.78 is 5.26. The number of hydrogen-bond acceptors (Lipinski definition) is 3. The zero-order valence-corrected chi connectivity index (χ0v) is 10.6. The Labute approximate surface area is 116 Å². The molecule has 0 spiro atoms. The fourth-order valence-electron chi connectivity index (χ4n) is 1.45. The summed E-state index contributed by atoms with van der Waals surface area (Å²) in [6.45, 7) is 1.61. The lowest BCUT2D eigenvalue weighted by Crippen LogP contribution is -2.15. The highest BCUT2D eigenvalue weighted by Gasteiger charge is 2.09. The van der Waals surface area contributed by atoms with Crippen molar-refractivity contribution in [1.82, 2.24) is 0 Å². The molecular weight excluding hydrogens is 244 g/mol. The molecule has 1 atom stereocenters. The summed E-state index contributed by atoms with van der Waals surface area (Å²) in [6, 6.07) is 10.3. The average Bonchev–Trinajstić information content (AvgIpc) is 2.28. The number of thioether (sulfide) groups is 1. The number of carbonyl (C=O) groups excluding carboxylic acids is 1. The van der Waals surface area contributed by atoms with Gasteiger partial charge in [0.15, 0.2) is 0 Å². The van der Waals surface area contributed by atoms with Crippen molar-refractivity contribution in [3.8, 4) is 0 Å². The summed E-state index contributed by atoms with van der Waals surface area (Å²) in [7, 11) is 1.67. The summed E-state index contributed by atoms with van der Waals surface area (Å²) in [5.41, 5.74) is 0. The Bertz CT molecular complexity index is 312. The number of rotatable bonds is 7. The average molecular weight is 270 g/mol. The van der Waals surface area contributed by atoms with Crippen LogP contribution >= 0.6 is 11.8 Å². The first-order valence-electron chi connectivity index (χ1n) is 5.42. The molecule has 0 saturated heterocycles. The Morgan fingerprint density at radius 2 is 1.89 bits per heavy atom. The highest BCUT2D eigenvalue weighted by atomic mass is 32.2. The number of methoxy groups -OCH3 is 1. The smallest absolute Gasteiger partial charge is 0.132 e. The van der Waals surface area contributed by atoms with E-state index in [1.165, 1.54) is 4.90 Å². The Morgan fingerprint density at radius 1 is 1.28 bits per heavy atom. The van der Waals surface area contributed by atoms with Crippen molar-refractivity contribution < 1.29 is 9.53 Å². The number of hydrogen-bond donors (Lipinski definition) is 0. The first kappa shape index (κ1) is 19.5. The molecule has 1 unspecified atom stereocenters. The third kappa shape index (κ3) is 8.31. The number of carbonyl (C=O) groups is 1. The molecule has 0 bridgehead atoms. The summed E-state index contributed by atoms with van der Waals surface area (Å²) in [6.07, 6.45) is 1.50. The third-order valence-electron chi connectivity index (χ3n) is 2.30. The van der Waals surface area contributed by atoms with Crippen LogP contribution in [0.3, 0.4) is 0 Å². The second-order valence-corrected chi connectivity index (χ2v) is 4.88. The predicted molar refractivity (Wildman–Crippen MR) is 81.3 cm³/mol. The van der Waals surface area contributed by atoms with Crippen LogP contribution in [0.4, 0.5) is 0 Å². The van der Waals surface area contributed by atoms with E-state index in [0.29, 0.717) is 6.42 Å². The lowest BCUT2D eigenvalue weighted by molar-refractivity contribution is -0.119. The lowest BCUT2D eigenvalue weighted by Gasteiger charge is -2.12. The molecule has 0 aliphatic rings. The molecule has 0 amide bonds. The van der Waals surface area contributed by atoms with Crippen LogP contribution in [-0.4, -0.2) is 24.7 Å². The number of ether oxygens (including phenoxy) is 1. The summed E-state index contributed by atoms with van der Waals surface area (Å²) >= 11 is 1.80. The van der Waals surface area contributed by atoms with Crippen molar-refractivity contribution in [3.05, 3.63) is 30.3 Å². The highest BCUT2D eigenvalue weighted by molar-refractivity contribution is 7.99. The Balaban J connectivity index is 0. The molecule has 18 heavy (non-hydrogen) atoms. The minimum atomic E-state index is 0. The maximum atomic E-state index is 11.0. The van der Waals surface area contributed by atoms with Crippen LogP contribution in [0.2, 0.25) is 0 Å². The Morgan fingerprint density at radius 3 is 2.39 bits per heavy atom. The van der Waals surface area contributed by atoms with Gasteiger partial charge in [-0.05, 0) is 25.5 Å². The molecule has 3 heteroatoms. The molecule has 0 aromatic heterocycles. The van der Waals surface area contributed by atoms with Gasteiger partial charge in [-0.25, -0.2) is 0 Å². The zero-order valence-electron chi connectivity index (χ0n) is 9.81. The van der Waals surface area contributed by atoms with Gasteiger partial charge >= 0.3 is 0 Å². The van der Waals surface area contributed by atoms with Gasteiger partial charge < -0.3 is 4.74 Å². The van der Waals surface area contributed by atoms with Crippen molar-refractivity contribution in [1.29, 1.82) is 0 Å². The molecule has 0 N–H and O–H groups in total. The molecule has 1 rings (SSSR count). The lowest BCUT2D eigenvalue weighted by atomic mass is 10.1. The van der Waals surface area contributed by atoms with Crippen molar-refractivity contribution in [3.63, 3.8) is 0 Å². The van der Waals surface area contributed by atoms with E-state index >= 15 is 0 Å². The Kier molecular flexibility index (Phi) is 12.3. The maximum Gasteiger partial charge on any atom is 0.132 e. The van der Waals surface area contributed by atoms with Crippen LogP contribution in [0.15, 0.2) is 35.2 Å². The van der Waals surface area contributed by atoms with Gasteiger partial charge in [-0.3, -0.25) is 4.79 Å². The van der Waals surface area contributed by atoms with Crippen LogP contribution in [0.5, 0.6) is 0 Å². The van der Waals surface area contributed by atoms with Gasteiger partial charge in [-0.15, -0.1) is 11.8 Å². The molecule has 0 heterocycles. The molecule has 0 fully saturated rings. The largest absolute Gasteiger partial charge is 0.381 e. The summed E-state index contributed by atoms with van der Waals surface area (Å²) in [5, 5.41) is 0. The molecule has 0 saturated carbocycles. The zero-order chi connectivity index (χ0) is 11.8. The van der Waals surface area contributed by atoms with Crippen LogP contribution < -0.4 is 0 Å². The van der Waals surface area contributed by atoms with E-state index in [1.54, 1.807) is 25.8 Å². The van der Waals surface area contributed by atoms with E-state index in [1.807, 2.05) is 18.2 Å². The fraction of sp³-hybridized carbons (Fsp3) is 0.533. The van der Waals surface area contributed by atoms with Crippen LogP contribution in [0.1, 0.15) is 34.6 Å². The first-order valence-corrected chi connectivity index (χ1v) is 6.41. The minimum absolute atomic E-state index is 0. The van der Waals surface area contributed by atoms with Gasteiger partial charge in [-0.1, -0.05) is 33.1 Å². The van der Waals surface area contributed by atoms with Gasteiger partial charge in [-0.2, -0.15) is 0 Å². The summed E-state index contributed by atoms with van der Waals surface area (Å²) in [5.74, 6) is 1.17. The van der Waals surface area contributed by atoms with E-state index in [0.717, 1.165) is 12.2 Å². The van der Waals surface area contributed by atoms with Crippen molar-refractivity contribution >= 4 is 17.5 Å². The second kappa shape index (κ2) is 11.3. The molecule has 0 radical (unpaired) electrons. The quantitative estimate of drug-likeness (QED) is 0.685. The van der Waals surface area contributed by atoms with E-state index in [9.17, 15) is 4.79 Å². The predicted octanol–water partition coefficient (Wildman–Crippen LogP) is 4.44. The molecule has 0 aliphatic heterocycles. The van der Waals surface area contributed by atoms with Gasteiger partial charge in [0.2, 0.25) is 0 Å². The number of benzene rings is 1. The molecule has 0 aliphatic carbocycles. The number of ketones is 1. The van der Waals surface area contributed by atoms with Gasteiger partial charge in [0, 0.05) is 24.2 Å². The van der Waals surface area contributed by atoms with E-state index in [-0.39, 0.29) is 26.7 Å². The van der Waals surface area contributed by atoms with E-state index in [2.05, 4.69) is 12.1 Å². The normalized spacial score (nSPS) is 11.0. The third-order valence-corrected chi connectivity index (χ3v) is 3.35. The van der Waals surface area contributed by atoms with Crippen LogP contribution in [0.25, 0.3) is 0 Å². The monoisotopic (exact) mass is 270 g/mol. The number of Topliss-reactive ketones (excluding diaryl/α,β-unsaturated/α-hetero) is 1. The molecule has 1 aromatic carbocycles. The standard InChI is InChI=1S/C13H18O2S.2CH4/c1-11(14)10-12(15-2)8-9-16-13-6-4-3-5-7-13;;/h3-7,12H,8-10H2,1-2H3;2*1H4. The highest BCUT2D eigenvalue weighted by Crippen LogP contribution is 2.19. The second-order valence-electron chi connectivity index (χ2n) is 3.71. The van der Waals surface area contributed by atoms with Crippen LogP contribution in [-0.2, 0) is 9.53 Å². The maximum absolute atomic E-state index is 11.0. The van der Waals surface area contributed by atoms with Gasteiger partial charge in [0.05, 0.1) is 6.10 Å². The molecule has 104 valence electrons. The van der Waals surface area contributed by atoms with E-state index in [4.69, 9.17) is 4.74 Å². The summed E-state index contributed by atoms with van der Waals surface area (Å²) in [4.78, 5) is 12.2. The van der Waals surface area contributed by atoms with Crippen molar-refractivity contribution in [2.45, 2.75) is 45.6 Å². The first-order chi connectivity index (χ1) is 7.72. The van der Waals surface area contributed by atoms with Crippen LogP contribution in [0, 0.1) is 0 Å². The van der Waals surface area contributed by atoms with E-state index < -0.39 is 0 Å². The molecular formula is C15H26O2S. The van der Waals surface area contributed by atoms with Crippen molar-refractivity contribution in [2.24, 2.45) is 0 Å². The fourth-order valence-corrected chi connectivity index (χ4v) is 2.41. The van der Waals surface area contributed by atoms with Crippen molar-refractivity contribution in [2.75, 3.05) is 12.9 Å². The molecule has 1 aromatic rings. The molecule has 2 nitrogen and oxygen atoms in total. The SMILES string of the molecule is C.C.COC(CCSc1ccccc1)CC(C)=O. The van der Waals surface area contributed by atoms with Gasteiger partial charge in [0.25, 0.3) is 0 Å². The van der Waals surface area contributed by atoms with Gasteiger partial charge in [0.1, 0.15) is 5.78 Å². The Hall–Kier alpha value is -0.800.